The maximum Gasteiger partial charge on any atom is 0.424 e. The van der Waals surface area contributed by atoms with Gasteiger partial charge in [0.05, 0.1) is 11.4 Å². The fourth-order valence-electron chi connectivity index (χ4n) is 3.15. The molecule has 3 N–H and O–H groups in total. The first-order valence-corrected chi connectivity index (χ1v) is 10.4. The van der Waals surface area contributed by atoms with Gasteiger partial charge < -0.3 is 9.84 Å². The second-order valence-corrected chi connectivity index (χ2v) is 8.10. The molecule has 4 nitrogen and oxygen atoms in total. The van der Waals surface area contributed by atoms with Crippen molar-refractivity contribution in [3.63, 3.8) is 0 Å². The largest absolute Gasteiger partial charge is 0.490 e. The van der Waals surface area contributed by atoms with Gasteiger partial charge in [-0.05, 0) is 66.1 Å². The molecule has 3 aromatic carbocycles. The van der Waals surface area contributed by atoms with Crippen molar-refractivity contribution in [3.05, 3.63) is 94.5 Å². The standard InChI is InChI=1S/C24H22BrF3N2O2/c1-3-17-14-18(9-12-22(17)30(29)19-7-5-4-6-8-19)23(31,24(26,27)28)15-32-20-10-11-21(25)16(2)13-20/h3-14,31H,1,15,29H2,2H3. The number of nitrogens with zero attached hydrogens (tertiary/aromatic N) is 1. The zero-order valence-electron chi connectivity index (χ0n) is 17.2. The Labute approximate surface area is 192 Å². The summed E-state index contributed by atoms with van der Waals surface area (Å²) in [6, 6.07) is 17.5. The van der Waals surface area contributed by atoms with Gasteiger partial charge in [-0.15, -0.1) is 0 Å². The van der Waals surface area contributed by atoms with Crippen LogP contribution in [0.4, 0.5) is 24.5 Å². The smallest absolute Gasteiger partial charge is 0.424 e. The van der Waals surface area contributed by atoms with Crippen molar-refractivity contribution in [3.8, 4) is 5.75 Å². The molecule has 0 saturated carbocycles. The van der Waals surface area contributed by atoms with Gasteiger partial charge in [0.1, 0.15) is 12.4 Å². The van der Waals surface area contributed by atoms with E-state index in [2.05, 4.69) is 22.5 Å². The highest BCUT2D eigenvalue weighted by Gasteiger charge is 2.56. The Bertz CT molecular complexity index is 1110. The minimum Gasteiger partial charge on any atom is -0.490 e. The Hall–Kier alpha value is -2.81. The van der Waals surface area contributed by atoms with E-state index < -0.39 is 18.4 Å². The molecule has 0 amide bonds. The fourth-order valence-corrected chi connectivity index (χ4v) is 3.39. The van der Waals surface area contributed by atoms with Crippen LogP contribution in [0.25, 0.3) is 6.08 Å². The molecule has 0 bridgehead atoms. The summed E-state index contributed by atoms with van der Waals surface area (Å²) >= 11 is 3.33. The van der Waals surface area contributed by atoms with E-state index in [4.69, 9.17) is 10.6 Å². The van der Waals surface area contributed by atoms with Gasteiger partial charge in [-0.1, -0.05) is 52.9 Å². The van der Waals surface area contributed by atoms with Gasteiger partial charge >= 0.3 is 6.18 Å². The van der Waals surface area contributed by atoms with E-state index in [1.54, 1.807) is 43.3 Å². The number of para-hydroxylation sites is 1. The minimum atomic E-state index is -4.99. The van der Waals surface area contributed by atoms with Gasteiger partial charge in [0.15, 0.2) is 0 Å². The molecule has 1 unspecified atom stereocenters. The Morgan fingerprint density at radius 3 is 2.38 bits per heavy atom. The topological polar surface area (TPSA) is 58.7 Å². The normalized spacial score (nSPS) is 13.3. The second-order valence-electron chi connectivity index (χ2n) is 7.24. The van der Waals surface area contributed by atoms with E-state index in [1.165, 1.54) is 35.4 Å². The monoisotopic (exact) mass is 506 g/mol. The highest BCUT2D eigenvalue weighted by atomic mass is 79.9. The molecule has 0 radical (unpaired) electrons. The molecule has 3 rings (SSSR count). The predicted octanol–water partition coefficient (Wildman–Crippen LogP) is 6.24. The highest BCUT2D eigenvalue weighted by Crippen LogP contribution is 2.41. The van der Waals surface area contributed by atoms with Gasteiger partial charge in [-0.25, -0.2) is 5.84 Å². The van der Waals surface area contributed by atoms with E-state index in [9.17, 15) is 18.3 Å². The van der Waals surface area contributed by atoms with Gasteiger partial charge in [0.2, 0.25) is 5.60 Å². The molecule has 0 aliphatic carbocycles. The summed E-state index contributed by atoms with van der Waals surface area (Å²) in [6.45, 7) is 4.45. The maximum absolute atomic E-state index is 14.0. The van der Waals surface area contributed by atoms with Crippen LogP contribution in [0.3, 0.4) is 0 Å². The number of halogens is 4. The summed E-state index contributed by atoms with van der Waals surface area (Å²) in [5.41, 5.74) is -1.42. The summed E-state index contributed by atoms with van der Waals surface area (Å²) in [5, 5.41) is 12.1. The number of anilines is 2. The molecule has 0 saturated heterocycles. The number of alkyl halides is 3. The van der Waals surface area contributed by atoms with E-state index in [0.717, 1.165) is 10.0 Å². The number of hydrazine groups is 1. The molecule has 0 spiro atoms. The molecule has 32 heavy (non-hydrogen) atoms. The number of hydrogen-bond acceptors (Lipinski definition) is 4. The zero-order chi connectivity index (χ0) is 23.5. The summed E-state index contributed by atoms with van der Waals surface area (Å²) < 4.78 is 48.1. The van der Waals surface area contributed by atoms with Gasteiger partial charge in [0.25, 0.3) is 0 Å². The first-order chi connectivity index (χ1) is 15.1. The maximum atomic E-state index is 14.0. The van der Waals surface area contributed by atoms with Crippen molar-refractivity contribution < 1.29 is 23.0 Å². The highest BCUT2D eigenvalue weighted by molar-refractivity contribution is 9.10. The van der Waals surface area contributed by atoms with Gasteiger partial charge in [0, 0.05) is 4.47 Å². The Morgan fingerprint density at radius 1 is 1.09 bits per heavy atom. The lowest BCUT2D eigenvalue weighted by molar-refractivity contribution is -0.275. The molecular weight excluding hydrogens is 485 g/mol. The molecular formula is C24H22BrF3N2O2. The molecule has 1 atom stereocenters. The van der Waals surface area contributed by atoms with E-state index in [-0.39, 0.29) is 11.3 Å². The zero-order valence-corrected chi connectivity index (χ0v) is 18.8. The number of aryl methyl sites for hydroxylation is 1. The Kier molecular flexibility index (Phi) is 6.97. The first kappa shape index (κ1) is 23.8. The second kappa shape index (κ2) is 9.36. The van der Waals surface area contributed by atoms with Crippen molar-refractivity contribution in [1.29, 1.82) is 0 Å². The lowest BCUT2D eigenvalue weighted by atomic mass is 9.91. The fraction of sp³-hybridized carbons (Fsp3) is 0.167. The van der Waals surface area contributed by atoms with E-state index >= 15 is 0 Å². The Morgan fingerprint density at radius 2 is 1.78 bits per heavy atom. The third kappa shape index (κ3) is 4.82. The van der Waals surface area contributed by atoms with Gasteiger partial charge in [-0.2, -0.15) is 13.2 Å². The molecule has 0 fully saturated rings. The predicted molar refractivity (Wildman–Crippen MR) is 124 cm³/mol. The summed E-state index contributed by atoms with van der Waals surface area (Å²) in [5.74, 6) is 6.38. The summed E-state index contributed by atoms with van der Waals surface area (Å²) in [6.07, 6.45) is -3.60. The SMILES string of the molecule is C=Cc1cc(C(O)(COc2ccc(Br)c(C)c2)C(F)(F)F)ccc1N(N)c1ccccc1. The molecule has 0 aliphatic heterocycles. The van der Waals surface area contributed by atoms with E-state index in [0.29, 0.717) is 16.9 Å². The summed E-state index contributed by atoms with van der Waals surface area (Å²) in [7, 11) is 0. The molecule has 0 aromatic heterocycles. The van der Waals surface area contributed by atoms with E-state index in [1.807, 2.05) is 6.07 Å². The van der Waals surface area contributed by atoms with Crippen molar-refractivity contribution in [2.75, 3.05) is 11.6 Å². The number of rotatable bonds is 7. The number of hydrogen-bond donors (Lipinski definition) is 2. The average Bonchev–Trinajstić information content (AvgIpc) is 2.78. The third-order valence-electron chi connectivity index (χ3n) is 5.06. The number of ether oxygens (including phenoxy) is 1. The van der Waals surface area contributed by atoms with Crippen LogP contribution in [-0.2, 0) is 5.60 Å². The molecule has 0 heterocycles. The van der Waals surface area contributed by atoms with Crippen LogP contribution in [0.5, 0.6) is 5.75 Å². The number of benzene rings is 3. The summed E-state index contributed by atoms with van der Waals surface area (Å²) in [4.78, 5) is 0. The van der Waals surface area contributed by atoms with Crippen molar-refractivity contribution in [2.24, 2.45) is 5.84 Å². The van der Waals surface area contributed by atoms with Crippen LogP contribution >= 0.6 is 15.9 Å². The van der Waals surface area contributed by atoms with Crippen LogP contribution in [-0.4, -0.2) is 17.9 Å². The van der Waals surface area contributed by atoms with Crippen LogP contribution in [0.1, 0.15) is 16.7 Å². The average molecular weight is 507 g/mol. The Balaban J connectivity index is 1.96. The number of nitrogens with two attached hydrogens (primary N) is 1. The molecule has 168 valence electrons. The van der Waals surface area contributed by atoms with Crippen molar-refractivity contribution >= 4 is 33.4 Å². The lowest BCUT2D eigenvalue weighted by Crippen LogP contribution is -2.47. The van der Waals surface area contributed by atoms with Gasteiger partial charge in [-0.3, -0.25) is 5.01 Å². The first-order valence-electron chi connectivity index (χ1n) is 9.61. The van der Waals surface area contributed by atoms with Crippen LogP contribution in [0.2, 0.25) is 0 Å². The molecule has 8 heteroatoms. The molecule has 0 aliphatic rings. The van der Waals surface area contributed by atoms with Crippen molar-refractivity contribution in [1.82, 2.24) is 0 Å². The van der Waals surface area contributed by atoms with Crippen LogP contribution in [0.15, 0.2) is 77.8 Å². The quantitative estimate of drug-likeness (QED) is 0.294. The van der Waals surface area contributed by atoms with Crippen LogP contribution in [0, 0.1) is 6.92 Å². The number of aliphatic hydroxyl groups is 1. The van der Waals surface area contributed by atoms with Crippen LogP contribution < -0.4 is 15.6 Å². The molecule has 3 aromatic rings. The third-order valence-corrected chi connectivity index (χ3v) is 5.95. The minimum absolute atomic E-state index is 0.214. The van der Waals surface area contributed by atoms with Crippen molar-refractivity contribution in [2.45, 2.75) is 18.7 Å². The lowest BCUT2D eigenvalue weighted by Gasteiger charge is -2.32.